The first-order valence-electron chi connectivity index (χ1n) is 5.92. The van der Waals surface area contributed by atoms with Crippen LogP contribution in [0.15, 0.2) is 0 Å². The summed E-state index contributed by atoms with van der Waals surface area (Å²) in [6.45, 7) is 2.20. The fourth-order valence-corrected chi connectivity index (χ4v) is 3.31. The van der Waals surface area contributed by atoms with E-state index < -0.39 is 9.84 Å². The molecule has 1 fully saturated rings. The van der Waals surface area contributed by atoms with Crippen molar-refractivity contribution >= 4 is 15.7 Å². The van der Waals surface area contributed by atoms with Crippen molar-refractivity contribution in [2.45, 2.75) is 31.8 Å². The number of nitriles is 1. The highest BCUT2D eigenvalue weighted by Gasteiger charge is 2.27. The predicted molar refractivity (Wildman–Crippen MR) is 67.5 cm³/mol. The van der Waals surface area contributed by atoms with Crippen molar-refractivity contribution < 1.29 is 13.2 Å². The zero-order valence-electron chi connectivity index (χ0n) is 10.7. The fraction of sp³-hybridized carbons (Fsp3) is 0.818. The highest BCUT2D eigenvalue weighted by atomic mass is 32.2. The van der Waals surface area contributed by atoms with Gasteiger partial charge in [-0.05, 0) is 6.92 Å². The van der Waals surface area contributed by atoms with Crippen LogP contribution < -0.4 is 5.32 Å². The van der Waals surface area contributed by atoms with Gasteiger partial charge in [0.2, 0.25) is 5.91 Å². The molecule has 102 valence electrons. The van der Waals surface area contributed by atoms with Crippen molar-refractivity contribution in [2.24, 2.45) is 0 Å². The van der Waals surface area contributed by atoms with E-state index in [1.165, 1.54) is 4.90 Å². The Morgan fingerprint density at radius 3 is 2.83 bits per heavy atom. The van der Waals surface area contributed by atoms with Crippen LogP contribution >= 0.6 is 0 Å². The summed E-state index contributed by atoms with van der Waals surface area (Å²) in [4.78, 5) is 13.4. The van der Waals surface area contributed by atoms with Crippen molar-refractivity contribution in [1.82, 2.24) is 10.2 Å². The third kappa shape index (κ3) is 4.27. The summed E-state index contributed by atoms with van der Waals surface area (Å²) in [5.41, 5.74) is 0. The maximum atomic E-state index is 11.9. The van der Waals surface area contributed by atoms with Crippen molar-refractivity contribution in [1.29, 1.82) is 5.26 Å². The minimum absolute atomic E-state index is 0.0131. The molecule has 18 heavy (non-hydrogen) atoms. The first kappa shape index (κ1) is 14.9. The zero-order chi connectivity index (χ0) is 13.8. The molecular weight excluding hydrogens is 254 g/mol. The van der Waals surface area contributed by atoms with Crippen molar-refractivity contribution in [3.8, 4) is 6.07 Å². The van der Waals surface area contributed by atoms with Crippen molar-refractivity contribution in [3.05, 3.63) is 0 Å². The van der Waals surface area contributed by atoms with Gasteiger partial charge in [0, 0.05) is 32.1 Å². The quantitative estimate of drug-likeness (QED) is 0.747. The third-order valence-corrected chi connectivity index (χ3v) is 4.90. The summed E-state index contributed by atoms with van der Waals surface area (Å²) in [5.74, 6) is 0.0183. The lowest BCUT2D eigenvalue weighted by Crippen LogP contribution is -2.48. The molecule has 1 saturated heterocycles. The predicted octanol–water partition coefficient (Wildman–Crippen LogP) is -0.476. The minimum atomic E-state index is -3.02. The van der Waals surface area contributed by atoms with Crippen LogP contribution in [0.4, 0.5) is 0 Å². The van der Waals surface area contributed by atoms with E-state index >= 15 is 0 Å². The van der Waals surface area contributed by atoms with E-state index in [-0.39, 0.29) is 42.3 Å². The Labute approximate surface area is 108 Å². The van der Waals surface area contributed by atoms with Gasteiger partial charge in [-0.3, -0.25) is 4.79 Å². The maximum absolute atomic E-state index is 11.9. The third-order valence-electron chi connectivity index (χ3n) is 3.16. The number of carbonyl (C=O) groups is 1. The Morgan fingerprint density at radius 2 is 2.28 bits per heavy atom. The highest BCUT2D eigenvalue weighted by molar-refractivity contribution is 7.91. The summed E-state index contributed by atoms with van der Waals surface area (Å²) in [7, 11) is -1.38. The molecule has 1 aliphatic rings. The molecule has 2 unspecified atom stereocenters. The average Bonchev–Trinajstić information content (AvgIpc) is 2.26. The molecule has 0 saturated carbocycles. The Morgan fingerprint density at radius 1 is 1.61 bits per heavy atom. The fourth-order valence-electron chi connectivity index (χ4n) is 1.87. The standard InChI is InChI=1S/C11H19N3O3S/c1-9(3-4-12)14(2)11(15)7-10-8-18(16,17)6-5-13-10/h9-10,13H,3,5-8H2,1-2H3. The maximum Gasteiger partial charge on any atom is 0.224 e. The lowest BCUT2D eigenvalue weighted by atomic mass is 10.1. The molecule has 0 radical (unpaired) electrons. The van der Waals surface area contributed by atoms with Gasteiger partial charge in [0.05, 0.1) is 24.0 Å². The van der Waals surface area contributed by atoms with E-state index in [9.17, 15) is 13.2 Å². The molecule has 0 aliphatic carbocycles. The molecule has 0 aromatic carbocycles. The second kappa shape index (κ2) is 6.16. The molecular formula is C11H19N3O3S. The van der Waals surface area contributed by atoms with Crippen LogP contribution in [-0.2, 0) is 14.6 Å². The smallest absolute Gasteiger partial charge is 0.224 e. The van der Waals surface area contributed by atoms with Gasteiger partial charge in [0.15, 0.2) is 9.84 Å². The molecule has 1 rings (SSSR count). The van der Waals surface area contributed by atoms with Crippen LogP contribution in [0.5, 0.6) is 0 Å². The van der Waals surface area contributed by atoms with Gasteiger partial charge in [-0.2, -0.15) is 5.26 Å². The minimum Gasteiger partial charge on any atom is -0.342 e. The Kier molecular flexibility index (Phi) is 5.11. The lowest BCUT2D eigenvalue weighted by Gasteiger charge is -2.28. The van der Waals surface area contributed by atoms with E-state index in [0.29, 0.717) is 6.54 Å². The topological polar surface area (TPSA) is 90.3 Å². The number of hydrogen-bond acceptors (Lipinski definition) is 5. The highest BCUT2D eigenvalue weighted by Crippen LogP contribution is 2.09. The largest absolute Gasteiger partial charge is 0.342 e. The van der Waals surface area contributed by atoms with E-state index in [1.54, 1.807) is 14.0 Å². The van der Waals surface area contributed by atoms with Crippen LogP contribution in [0.3, 0.4) is 0 Å². The molecule has 0 aromatic heterocycles. The molecule has 1 amide bonds. The molecule has 1 heterocycles. The molecule has 0 spiro atoms. The van der Waals surface area contributed by atoms with E-state index in [2.05, 4.69) is 5.32 Å². The van der Waals surface area contributed by atoms with Crippen LogP contribution in [0, 0.1) is 11.3 Å². The van der Waals surface area contributed by atoms with E-state index in [0.717, 1.165) is 0 Å². The number of carbonyl (C=O) groups excluding carboxylic acids is 1. The molecule has 1 N–H and O–H groups in total. The van der Waals surface area contributed by atoms with E-state index in [4.69, 9.17) is 5.26 Å². The van der Waals surface area contributed by atoms with Gasteiger partial charge in [-0.15, -0.1) is 0 Å². The number of hydrogen-bond donors (Lipinski definition) is 1. The zero-order valence-corrected chi connectivity index (χ0v) is 11.5. The monoisotopic (exact) mass is 273 g/mol. The van der Waals surface area contributed by atoms with Gasteiger partial charge in [-0.25, -0.2) is 8.42 Å². The van der Waals surface area contributed by atoms with Crippen LogP contribution in [0.25, 0.3) is 0 Å². The summed E-state index contributed by atoms with van der Waals surface area (Å²) in [6.07, 6.45) is 0.435. The Balaban J connectivity index is 2.52. The normalized spacial score (nSPS) is 23.9. The summed E-state index contributed by atoms with van der Waals surface area (Å²) < 4.78 is 22.9. The first-order valence-corrected chi connectivity index (χ1v) is 7.74. The van der Waals surface area contributed by atoms with Gasteiger partial charge >= 0.3 is 0 Å². The number of nitrogens with one attached hydrogen (secondary N) is 1. The SMILES string of the molecule is CC(CC#N)N(C)C(=O)CC1CS(=O)(=O)CCN1. The lowest BCUT2D eigenvalue weighted by molar-refractivity contribution is -0.132. The van der Waals surface area contributed by atoms with Crippen LogP contribution in [0.2, 0.25) is 0 Å². The molecule has 1 aliphatic heterocycles. The number of sulfone groups is 1. The second-order valence-corrected chi connectivity index (χ2v) is 6.91. The Hall–Kier alpha value is -1.13. The van der Waals surface area contributed by atoms with Crippen molar-refractivity contribution in [2.75, 3.05) is 25.1 Å². The van der Waals surface area contributed by atoms with Gasteiger partial charge in [0.25, 0.3) is 0 Å². The van der Waals surface area contributed by atoms with Gasteiger partial charge in [0.1, 0.15) is 0 Å². The van der Waals surface area contributed by atoms with Gasteiger partial charge < -0.3 is 10.2 Å². The molecule has 0 aromatic rings. The number of rotatable bonds is 4. The van der Waals surface area contributed by atoms with Crippen molar-refractivity contribution in [3.63, 3.8) is 0 Å². The molecule has 2 atom stereocenters. The summed E-state index contributed by atoms with van der Waals surface area (Å²) in [6, 6.07) is 1.55. The molecule has 6 nitrogen and oxygen atoms in total. The van der Waals surface area contributed by atoms with Crippen LogP contribution in [0.1, 0.15) is 19.8 Å². The van der Waals surface area contributed by atoms with E-state index in [1.807, 2.05) is 6.07 Å². The molecule has 7 heteroatoms. The molecule has 0 bridgehead atoms. The van der Waals surface area contributed by atoms with Crippen LogP contribution in [-0.4, -0.2) is 56.4 Å². The average molecular weight is 273 g/mol. The number of nitrogens with zero attached hydrogens (tertiary/aromatic N) is 2. The number of amides is 1. The summed E-state index contributed by atoms with van der Waals surface area (Å²) >= 11 is 0. The first-order chi connectivity index (χ1) is 8.35. The summed E-state index contributed by atoms with van der Waals surface area (Å²) in [5, 5.41) is 11.6. The Bertz CT molecular complexity index is 441. The van der Waals surface area contributed by atoms with Gasteiger partial charge in [-0.1, -0.05) is 0 Å². The second-order valence-electron chi connectivity index (χ2n) is 4.69.